The second-order valence-electron chi connectivity index (χ2n) is 5.07. The van der Waals surface area contributed by atoms with E-state index in [1.807, 2.05) is 19.9 Å². The smallest absolute Gasteiger partial charge is 0.214 e. The first kappa shape index (κ1) is 15.2. The van der Waals surface area contributed by atoms with Gasteiger partial charge in [-0.25, -0.2) is 18.4 Å². The van der Waals surface area contributed by atoms with Crippen molar-refractivity contribution in [1.82, 2.24) is 14.3 Å². The molecule has 112 valence electrons. The Labute approximate surface area is 120 Å². The van der Waals surface area contributed by atoms with Crippen LogP contribution >= 0.6 is 0 Å². The molecule has 1 aromatic rings. The molecule has 0 saturated carbocycles. The van der Waals surface area contributed by atoms with Crippen LogP contribution in [0.25, 0.3) is 0 Å². The zero-order valence-electron chi connectivity index (χ0n) is 12.1. The van der Waals surface area contributed by atoms with Crippen molar-refractivity contribution in [3.8, 4) is 0 Å². The number of aryl methyl sites for hydroxylation is 1. The first-order chi connectivity index (χ1) is 9.53. The van der Waals surface area contributed by atoms with Gasteiger partial charge in [0.05, 0.1) is 5.75 Å². The van der Waals surface area contributed by atoms with Crippen molar-refractivity contribution in [2.75, 3.05) is 36.8 Å². The molecule has 0 spiro atoms. The first-order valence-corrected chi connectivity index (χ1v) is 8.65. The normalized spacial score (nSPS) is 17.4. The SMILES string of the molecule is CCCCS(=O)(=O)N1CCN(c2cc(C)ncn2)CC1. The maximum absolute atomic E-state index is 12.1. The number of sulfonamides is 1. The predicted molar refractivity (Wildman–Crippen MR) is 79.2 cm³/mol. The van der Waals surface area contributed by atoms with E-state index in [1.54, 1.807) is 10.6 Å². The van der Waals surface area contributed by atoms with Crippen molar-refractivity contribution in [2.45, 2.75) is 26.7 Å². The molecule has 7 heteroatoms. The molecule has 1 aliphatic heterocycles. The maximum Gasteiger partial charge on any atom is 0.214 e. The van der Waals surface area contributed by atoms with E-state index in [1.165, 1.54) is 0 Å². The number of nitrogens with zero attached hydrogens (tertiary/aromatic N) is 4. The summed E-state index contributed by atoms with van der Waals surface area (Å²) in [6.45, 7) is 6.37. The van der Waals surface area contributed by atoms with E-state index in [4.69, 9.17) is 0 Å². The van der Waals surface area contributed by atoms with Crippen molar-refractivity contribution in [3.05, 3.63) is 18.1 Å². The van der Waals surface area contributed by atoms with Gasteiger partial charge in [0.2, 0.25) is 10.0 Å². The molecule has 0 aliphatic carbocycles. The number of rotatable bonds is 5. The average molecular weight is 298 g/mol. The Balaban J connectivity index is 1.95. The molecule has 2 heterocycles. The second kappa shape index (κ2) is 6.49. The molecule has 0 radical (unpaired) electrons. The van der Waals surface area contributed by atoms with Crippen molar-refractivity contribution < 1.29 is 8.42 Å². The van der Waals surface area contributed by atoms with Crippen LogP contribution in [0.15, 0.2) is 12.4 Å². The Morgan fingerprint density at radius 3 is 2.50 bits per heavy atom. The van der Waals surface area contributed by atoms with E-state index >= 15 is 0 Å². The minimum Gasteiger partial charge on any atom is -0.354 e. The highest BCUT2D eigenvalue weighted by molar-refractivity contribution is 7.89. The van der Waals surface area contributed by atoms with Gasteiger partial charge in [-0.05, 0) is 13.3 Å². The van der Waals surface area contributed by atoms with Crippen LogP contribution in [0.3, 0.4) is 0 Å². The number of hydrogen-bond acceptors (Lipinski definition) is 5. The molecule has 6 nitrogen and oxygen atoms in total. The Bertz CT molecular complexity index is 539. The fraction of sp³-hybridized carbons (Fsp3) is 0.692. The largest absolute Gasteiger partial charge is 0.354 e. The van der Waals surface area contributed by atoms with E-state index in [9.17, 15) is 8.42 Å². The third-order valence-electron chi connectivity index (χ3n) is 3.50. The number of piperazine rings is 1. The van der Waals surface area contributed by atoms with Crippen LogP contribution in [0.5, 0.6) is 0 Å². The van der Waals surface area contributed by atoms with E-state index in [2.05, 4.69) is 14.9 Å². The molecule has 1 fully saturated rings. The standard InChI is InChI=1S/C13H22N4O2S/c1-3-4-9-20(18,19)17-7-5-16(6-8-17)13-10-12(2)14-11-15-13/h10-11H,3-9H2,1-2H3. The van der Waals surface area contributed by atoms with Crippen molar-refractivity contribution in [2.24, 2.45) is 0 Å². The third-order valence-corrected chi connectivity index (χ3v) is 5.46. The van der Waals surface area contributed by atoms with Gasteiger partial charge in [0.15, 0.2) is 0 Å². The fourth-order valence-corrected chi connectivity index (χ4v) is 3.90. The van der Waals surface area contributed by atoms with Gasteiger partial charge >= 0.3 is 0 Å². The van der Waals surface area contributed by atoms with E-state index in [-0.39, 0.29) is 5.75 Å². The van der Waals surface area contributed by atoms with E-state index < -0.39 is 10.0 Å². The minimum absolute atomic E-state index is 0.260. The molecule has 0 N–H and O–H groups in total. The molecule has 1 saturated heterocycles. The highest BCUT2D eigenvalue weighted by Gasteiger charge is 2.26. The molecular formula is C13H22N4O2S. The topological polar surface area (TPSA) is 66.4 Å². The summed E-state index contributed by atoms with van der Waals surface area (Å²) in [5.41, 5.74) is 0.924. The monoisotopic (exact) mass is 298 g/mol. The van der Waals surface area contributed by atoms with Crippen LogP contribution in [-0.2, 0) is 10.0 Å². The van der Waals surface area contributed by atoms with Crippen LogP contribution in [0, 0.1) is 6.92 Å². The molecule has 0 unspecified atom stereocenters. The number of hydrogen-bond donors (Lipinski definition) is 0. The first-order valence-electron chi connectivity index (χ1n) is 7.04. The van der Waals surface area contributed by atoms with Crippen LogP contribution < -0.4 is 4.90 Å². The summed E-state index contributed by atoms with van der Waals surface area (Å²) in [5, 5.41) is 0. The van der Waals surface area contributed by atoms with Gasteiger partial charge in [-0.1, -0.05) is 13.3 Å². The molecule has 0 atom stereocenters. The Morgan fingerprint density at radius 1 is 1.20 bits per heavy atom. The Hall–Kier alpha value is -1.21. The second-order valence-corrected chi connectivity index (χ2v) is 7.16. The lowest BCUT2D eigenvalue weighted by Crippen LogP contribution is -2.49. The molecule has 2 rings (SSSR count). The molecule has 1 aromatic heterocycles. The number of unbranched alkanes of at least 4 members (excludes halogenated alkanes) is 1. The van der Waals surface area contributed by atoms with Gasteiger partial charge in [0, 0.05) is 37.9 Å². The van der Waals surface area contributed by atoms with Crippen molar-refractivity contribution in [1.29, 1.82) is 0 Å². The molecule has 0 amide bonds. The summed E-state index contributed by atoms with van der Waals surface area (Å²) in [4.78, 5) is 10.4. The lowest BCUT2D eigenvalue weighted by molar-refractivity contribution is 0.383. The Kier molecular flexibility index (Phi) is 4.93. The number of anilines is 1. The van der Waals surface area contributed by atoms with E-state index in [0.29, 0.717) is 26.2 Å². The minimum atomic E-state index is -3.09. The summed E-state index contributed by atoms with van der Waals surface area (Å²) < 4.78 is 25.9. The van der Waals surface area contributed by atoms with Crippen LogP contribution in [0.1, 0.15) is 25.5 Å². The lowest BCUT2D eigenvalue weighted by Gasteiger charge is -2.34. The zero-order valence-corrected chi connectivity index (χ0v) is 12.9. The molecule has 0 bridgehead atoms. The summed E-state index contributed by atoms with van der Waals surface area (Å²) in [7, 11) is -3.09. The highest BCUT2D eigenvalue weighted by Crippen LogP contribution is 2.16. The summed E-state index contributed by atoms with van der Waals surface area (Å²) in [5.74, 6) is 1.14. The molecule has 0 aromatic carbocycles. The van der Waals surface area contributed by atoms with E-state index in [0.717, 1.165) is 24.4 Å². The molecule has 1 aliphatic rings. The van der Waals surface area contributed by atoms with Crippen LogP contribution in [0.4, 0.5) is 5.82 Å². The van der Waals surface area contributed by atoms with Crippen LogP contribution in [0.2, 0.25) is 0 Å². The lowest BCUT2D eigenvalue weighted by atomic mass is 10.3. The fourth-order valence-electron chi connectivity index (χ4n) is 2.26. The van der Waals surface area contributed by atoms with Gasteiger partial charge in [-0.2, -0.15) is 4.31 Å². The van der Waals surface area contributed by atoms with Gasteiger partial charge in [0.1, 0.15) is 12.1 Å². The Morgan fingerprint density at radius 2 is 1.90 bits per heavy atom. The summed E-state index contributed by atoms with van der Waals surface area (Å²) in [6.07, 6.45) is 3.18. The molecule has 20 heavy (non-hydrogen) atoms. The van der Waals surface area contributed by atoms with Gasteiger partial charge in [-0.3, -0.25) is 0 Å². The average Bonchev–Trinajstić information content (AvgIpc) is 2.45. The maximum atomic E-state index is 12.1. The third kappa shape index (κ3) is 3.67. The number of aromatic nitrogens is 2. The highest BCUT2D eigenvalue weighted by atomic mass is 32.2. The summed E-state index contributed by atoms with van der Waals surface area (Å²) >= 11 is 0. The van der Waals surface area contributed by atoms with Gasteiger partial charge < -0.3 is 4.90 Å². The molecular weight excluding hydrogens is 276 g/mol. The van der Waals surface area contributed by atoms with Crippen molar-refractivity contribution >= 4 is 15.8 Å². The van der Waals surface area contributed by atoms with Crippen molar-refractivity contribution in [3.63, 3.8) is 0 Å². The van der Waals surface area contributed by atoms with Crippen LogP contribution in [-0.4, -0.2) is 54.6 Å². The zero-order chi connectivity index (χ0) is 14.6. The summed E-state index contributed by atoms with van der Waals surface area (Å²) in [6, 6.07) is 1.93. The predicted octanol–water partition coefficient (Wildman–Crippen LogP) is 1.04. The van der Waals surface area contributed by atoms with Gasteiger partial charge in [-0.15, -0.1) is 0 Å². The quantitative estimate of drug-likeness (QED) is 0.812. The van der Waals surface area contributed by atoms with Gasteiger partial charge in [0.25, 0.3) is 0 Å².